The van der Waals surface area contributed by atoms with Crippen molar-refractivity contribution in [3.05, 3.63) is 35.6 Å². The van der Waals surface area contributed by atoms with Gasteiger partial charge < -0.3 is 5.32 Å². The van der Waals surface area contributed by atoms with Gasteiger partial charge in [0.25, 0.3) is 0 Å². The second kappa shape index (κ2) is 9.09. The number of rotatable bonds is 4. The summed E-state index contributed by atoms with van der Waals surface area (Å²) in [5.74, 6) is 1.23. The summed E-state index contributed by atoms with van der Waals surface area (Å²) in [6.07, 6.45) is 10.1. The molecule has 98 valence electrons. The highest BCUT2D eigenvalue weighted by Gasteiger charge is 2.04. The van der Waals surface area contributed by atoms with E-state index in [4.69, 9.17) is 0 Å². The zero-order chi connectivity index (χ0) is 13.3. The summed E-state index contributed by atoms with van der Waals surface area (Å²) in [4.78, 5) is 0. The minimum absolute atomic E-state index is 0.546. The topological polar surface area (TPSA) is 12.0 Å². The molecule has 0 heterocycles. The van der Waals surface area contributed by atoms with E-state index in [0.717, 1.165) is 13.0 Å². The maximum atomic E-state index is 3.52. The minimum atomic E-state index is 0.546. The Hall–Kier alpha value is -0.980. The van der Waals surface area contributed by atoms with Gasteiger partial charge >= 0.3 is 0 Å². The van der Waals surface area contributed by atoms with E-state index in [1.165, 1.54) is 11.3 Å². The second-order valence-electron chi connectivity index (χ2n) is 4.64. The first kappa shape index (κ1) is 16.0. The minimum Gasteiger partial charge on any atom is -0.385 e. The van der Waals surface area contributed by atoms with Crippen molar-refractivity contribution in [2.45, 2.75) is 48.0 Å². The Morgan fingerprint density at radius 2 is 1.76 bits per heavy atom. The first-order valence-corrected chi connectivity index (χ1v) is 6.97. The molecule has 1 N–H and O–H groups in total. The van der Waals surface area contributed by atoms with Crippen molar-refractivity contribution in [2.24, 2.45) is 11.8 Å². The van der Waals surface area contributed by atoms with E-state index < -0.39 is 0 Å². The molecule has 0 radical (unpaired) electrons. The molecule has 0 aliphatic heterocycles. The third kappa shape index (κ3) is 6.35. The van der Waals surface area contributed by atoms with E-state index in [1.807, 2.05) is 13.8 Å². The summed E-state index contributed by atoms with van der Waals surface area (Å²) < 4.78 is 0. The Balaban J connectivity index is 0.00000121. The van der Waals surface area contributed by atoms with Crippen LogP contribution in [-0.2, 0) is 0 Å². The van der Waals surface area contributed by atoms with Crippen LogP contribution in [0.5, 0.6) is 0 Å². The average Bonchev–Trinajstić information content (AvgIpc) is 2.51. The zero-order valence-electron chi connectivity index (χ0n) is 12.4. The summed E-state index contributed by atoms with van der Waals surface area (Å²) in [6, 6.07) is 0. The molecule has 0 bridgehead atoms. The van der Waals surface area contributed by atoms with E-state index in [9.17, 15) is 0 Å². The fourth-order valence-electron chi connectivity index (χ4n) is 1.57. The van der Waals surface area contributed by atoms with Gasteiger partial charge in [-0.3, -0.25) is 0 Å². The van der Waals surface area contributed by atoms with Gasteiger partial charge in [0.15, 0.2) is 0 Å². The zero-order valence-corrected chi connectivity index (χ0v) is 12.4. The molecule has 0 saturated heterocycles. The number of allylic oxidation sites excluding steroid dienone is 5. The van der Waals surface area contributed by atoms with Crippen LogP contribution in [0.25, 0.3) is 0 Å². The molecular weight excluding hydrogens is 206 g/mol. The van der Waals surface area contributed by atoms with Gasteiger partial charge in [-0.15, -0.1) is 0 Å². The third-order valence-electron chi connectivity index (χ3n) is 2.60. The highest BCUT2D eigenvalue weighted by atomic mass is 14.9. The summed E-state index contributed by atoms with van der Waals surface area (Å²) >= 11 is 0. The molecule has 1 nitrogen and oxygen atoms in total. The lowest BCUT2D eigenvalue weighted by atomic mass is 10.1. The Bertz CT molecular complexity index is 282. The Kier molecular flexibility index (Phi) is 8.57. The van der Waals surface area contributed by atoms with Crippen LogP contribution in [0.2, 0.25) is 0 Å². The first-order chi connectivity index (χ1) is 8.13. The van der Waals surface area contributed by atoms with Gasteiger partial charge in [-0.25, -0.2) is 0 Å². The molecule has 0 aromatic heterocycles. The molecule has 17 heavy (non-hydrogen) atoms. The molecule has 0 aromatic rings. The van der Waals surface area contributed by atoms with Crippen LogP contribution in [-0.4, -0.2) is 6.54 Å². The largest absolute Gasteiger partial charge is 0.385 e. The smallest absolute Gasteiger partial charge is 0.0369 e. The van der Waals surface area contributed by atoms with Crippen LogP contribution in [0.15, 0.2) is 35.6 Å². The maximum absolute atomic E-state index is 3.52. The van der Waals surface area contributed by atoms with Crippen molar-refractivity contribution >= 4 is 0 Å². The molecule has 0 fully saturated rings. The van der Waals surface area contributed by atoms with Crippen LogP contribution in [0.1, 0.15) is 48.0 Å². The summed E-state index contributed by atoms with van der Waals surface area (Å²) in [5, 5.41) is 3.52. The fraction of sp³-hybridized carbons (Fsp3) is 0.625. The van der Waals surface area contributed by atoms with Crippen LogP contribution < -0.4 is 5.32 Å². The molecule has 1 atom stereocenters. The second-order valence-corrected chi connectivity index (χ2v) is 4.64. The Morgan fingerprint density at radius 3 is 2.29 bits per heavy atom. The van der Waals surface area contributed by atoms with Gasteiger partial charge in [0.1, 0.15) is 0 Å². The van der Waals surface area contributed by atoms with Crippen molar-refractivity contribution in [1.82, 2.24) is 5.32 Å². The van der Waals surface area contributed by atoms with Gasteiger partial charge in [-0.05, 0) is 29.9 Å². The summed E-state index contributed by atoms with van der Waals surface area (Å²) in [7, 11) is 0. The van der Waals surface area contributed by atoms with Gasteiger partial charge in [0, 0.05) is 12.2 Å². The quantitative estimate of drug-likeness (QED) is 0.745. The number of hydrogen-bond acceptors (Lipinski definition) is 1. The van der Waals surface area contributed by atoms with E-state index in [1.54, 1.807) is 0 Å². The molecule has 0 aromatic carbocycles. The summed E-state index contributed by atoms with van der Waals surface area (Å²) in [6.45, 7) is 13.9. The number of hydrogen-bond donors (Lipinski definition) is 1. The van der Waals surface area contributed by atoms with Crippen LogP contribution in [0, 0.1) is 11.8 Å². The Labute approximate surface area is 108 Å². The molecule has 0 amide bonds. The van der Waals surface area contributed by atoms with Crippen LogP contribution in [0.4, 0.5) is 0 Å². The highest BCUT2D eigenvalue weighted by Crippen LogP contribution is 2.16. The van der Waals surface area contributed by atoms with Crippen molar-refractivity contribution < 1.29 is 0 Å². The maximum Gasteiger partial charge on any atom is 0.0369 e. The van der Waals surface area contributed by atoms with E-state index in [-0.39, 0.29) is 0 Å². The van der Waals surface area contributed by atoms with Crippen molar-refractivity contribution in [3.8, 4) is 0 Å². The monoisotopic (exact) mass is 235 g/mol. The van der Waals surface area contributed by atoms with Gasteiger partial charge in [0.05, 0.1) is 0 Å². The van der Waals surface area contributed by atoms with Crippen LogP contribution >= 0.6 is 0 Å². The molecule has 0 saturated carbocycles. The van der Waals surface area contributed by atoms with E-state index in [2.05, 4.69) is 57.3 Å². The summed E-state index contributed by atoms with van der Waals surface area (Å²) in [5.41, 5.74) is 2.71. The third-order valence-corrected chi connectivity index (χ3v) is 2.60. The predicted octanol–water partition coefficient (Wildman–Crippen LogP) is 4.68. The van der Waals surface area contributed by atoms with Gasteiger partial charge in [0.2, 0.25) is 0 Å². The molecule has 1 aliphatic rings. The van der Waals surface area contributed by atoms with Crippen LogP contribution in [0.3, 0.4) is 0 Å². The van der Waals surface area contributed by atoms with Crippen molar-refractivity contribution in [2.75, 3.05) is 6.54 Å². The molecule has 1 rings (SSSR count). The molecule has 1 unspecified atom stereocenters. The Morgan fingerprint density at radius 1 is 1.18 bits per heavy atom. The van der Waals surface area contributed by atoms with E-state index in [0.29, 0.717) is 11.8 Å². The van der Waals surface area contributed by atoms with Crippen molar-refractivity contribution in [3.63, 3.8) is 0 Å². The SMILES string of the molecule is CC.CCC1=C(NCC(C)C)C=CC(C)C=C1. The lowest BCUT2D eigenvalue weighted by Crippen LogP contribution is -2.19. The molecule has 1 aliphatic carbocycles. The molecule has 0 spiro atoms. The lowest BCUT2D eigenvalue weighted by molar-refractivity contribution is 0.599. The lowest BCUT2D eigenvalue weighted by Gasteiger charge is -2.12. The highest BCUT2D eigenvalue weighted by molar-refractivity contribution is 5.35. The average molecular weight is 235 g/mol. The fourth-order valence-corrected chi connectivity index (χ4v) is 1.57. The molecular formula is C16H29N. The standard InChI is InChI=1S/C14H23N.C2H6/c1-5-13-8-6-12(4)7-9-14(13)15-10-11(2)3;1-2/h6-9,11-12,15H,5,10H2,1-4H3;1-2H3. The number of nitrogens with one attached hydrogen (secondary N) is 1. The normalized spacial score (nSPS) is 18.9. The predicted molar refractivity (Wildman–Crippen MR) is 78.9 cm³/mol. The van der Waals surface area contributed by atoms with Gasteiger partial charge in [-0.1, -0.05) is 59.8 Å². The van der Waals surface area contributed by atoms with E-state index >= 15 is 0 Å². The molecule has 1 heteroatoms. The van der Waals surface area contributed by atoms with Gasteiger partial charge in [-0.2, -0.15) is 0 Å². The van der Waals surface area contributed by atoms with Crippen molar-refractivity contribution in [1.29, 1.82) is 0 Å². The first-order valence-electron chi connectivity index (χ1n) is 6.97.